The van der Waals surface area contributed by atoms with E-state index in [1.807, 2.05) is 6.07 Å². The predicted octanol–water partition coefficient (Wildman–Crippen LogP) is 4.23. The summed E-state index contributed by atoms with van der Waals surface area (Å²) in [6.07, 6.45) is 1.45. The van der Waals surface area contributed by atoms with Gasteiger partial charge >= 0.3 is 0 Å². The second-order valence-electron chi connectivity index (χ2n) is 6.27. The minimum Gasteiger partial charge on any atom is -0.373 e. The Labute approximate surface area is 136 Å². The molecule has 0 aliphatic carbocycles. The van der Waals surface area contributed by atoms with Crippen LogP contribution in [0.4, 0.5) is 0 Å². The first kappa shape index (κ1) is 14.3. The van der Waals surface area contributed by atoms with Crippen LogP contribution in [0.3, 0.4) is 0 Å². The number of fused-ring (bicyclic) bond motifs is 3. The van der Waals surface area contributed by atoms with Gasteiger partial charge in [0.25, 0.3) is 0 Å². The average molecular weight is 314 g/mol. The zero-order valence-electron chi connectivity index (χ0n) is 12.5. The lowest BCUT2D eigenvalue weighted by atomic mass is 9.83. The molecule has 4 rings (SSSR count). The monoisotopic (exact) mass is 313 g/mol. The number of halogens is 1. The quantitative estimate of drug-likeness (QED) is 0.822. The van der Waals surface area contributed by atoms with Gasteiger partial charge in [0.1, 0.15) is 0 Å². The minimum absolute atomic E-state index is 0.345. The Balaban J connectivity index is 1.56. The zero-order valence-corrected chi connectivity index (χ0v) is 13.3. The highest BCUT2D eigenvalue weighted by Crippen LogP contribution is 2.39. The molecule has 0 N–H and O–H groups in total. The Morgan fingerprint density at radius 3 is 2.82 bits per heavy atom. The fourth-order valence-electron chi connectivity index (χ4n) is 3.75. The zero-order chi connectivity index (χ0) is 14.9. The van der Waals surface area contributed by atoms with Crippen molar-refractivity contribution in [1.29, 1.82) is 0 Å². The molecular weight excluding hydrogens is 294 g/mol. The van der Waals surface area contributed by atoms with Crippen molar-refractivity contribution < 1.29 is 4.74 Å². The Kier molecular flexibility index (Phi) is 3.91. The summed E-state index contributed by atoms with van der Waals surface area (Å²) in [5, 5.41) is 0.844. The Hall–Kier alpha value is -1.35. The predicted molar refractivity (Wildman–Crippen MR) is 89.1 cm³/mol. The largest absolute Gasteiger partial charge is 0.373 e. The molecule has 22 heavy (non-hydrogen) atoms. The molecule has 0 aromatic heterocycles. The first-order valence-electron chi connectivity index (χ1n) is 7.96. The van der Waals surface area contributed by atoms with Crippen molar-refractivity contribution in [3.63, 3.8) is 0 Å². The van der Waals surface area contributed by atoms with Crippen LogP contribution in [0.5, 0.6) is 0 Å². The summed E-state index contributed by atoms with van der Waals surface area (Å²) in [4.78, 5) is 2.54. The van der Waals surface area contributed by atoms with Crippen LogP contribution in [0.25, 0.3) is 0 Å². The second-order valence-corrected chi connectivity index (χ2v) is 6.68. The van der Waals surface area contributed by atoms with E-state index in [1.54, 1.807) is 0 Å². The smallest absolute Gasteiger partial charge is 0.0738 e. The van der Waals surface area contributed by atoms with Crippen molar-refractivity contribution >= 4 is 11.6 Å². The molecule has 0 spiro atoms. The van der Waals surface area contributed by atoms with Crippen LogP contribution in [-0.4, -0.2) is 24.1 Å². The molecule has 0 radical (unpaired) electrons. The summed E-state index contributed by atoms with van der Waals surface area (Å²) >= 11 is 6.35. The van der Waals surface area contributed by atoms with E-state index < -0.39 is 0 Å². The van der Waals surface area contributed by atoms with Crippen molar-refractivity contribution in [3.05, 3.63) is 70.2 Å². The topological polar surface area (TPSA) is 12.5 Å². The number of hydrogen-bond donors (Lipinski definition) is 0. The van der Waals surface area contributed by atoms with Gasteiger partial charge in [-0.25, -0.2) is 0 Å². The molecule has 2 aliphatic heterocycles. The van der Waals surface area contributed by atoms with Gasteiger partial charge < -0.3 is 4.74 Å². The SMILES string of the molecule is Clc1cccc2c1CO[C@@H]1CCN(Cc3ccccc3)C[C@@H]21. The fourth-order valence-corrected chi connectivity index (χ4v) is 3.98. The van der Waals surface area contributed by atoms with Crippen molar-refractivity contribution in [2.75, 3.05) is 13.1 Å². The molecule has 0 saturated carbocycles. The highest BCUT2D eigenvalue weighted by Gasteiger charge is 2.35. The fraction of sp³-hybridized carbons (Fsp3) is 0.368. The molecule has 3 heteroatoms. The molecule has 1 saturated heterocycles. The van der Waals surface area contributed by atoms with Gasteiger partial charge in [0, 0.05) is 30.6 Å². The van der Waals surface area contributed by atoms with E-state index in [-0.39, 0.29) is 0 Å². The molecular formula is C19H20ClNO. The number of hydrogen-bond acceptors (Lipinski definition) is 2. The third kappa shape index (κ3) is 2.67. The summed E-state index contributed by atoms with van der Waals surface area (Å²) in [7, 11) is 0. The first-order valence-corrected chi connectivity index (χ1v) is 8.34. The molecule has 2 aliphatic rings. The average Bonchev–Trinajstić information content (AvgIpc) is 2.56. The van der Waals surface area contributed by atoms with Gasteiger partial charge in [-0.15, -0.1) is 0 Å². The third-order valence-electron chi connectivity index (χ3n) is 4.88. The number of rotatable bonds is 2. The van der Waals surface area contributed by atoms with Gasteiger partial charge in [0.05, 0.1) is 12.7 Å². The minimum atomic E-state index is 0.345. The summed E-state index contributed by atoms with van der Waals surface area (Å²) in [6.45, 7) is 3.83. The van der Waals surface area contributed by atoms with Crippen molar-refractivity contribution in [2.24, 2.45) is 0 Å². The van der Waals surface area contributed by atoms with Gasteiger partial charge in [-0.05, 0) is 29.2 Å². The Morgan fingerprint density at radius 1 is 1.09 bits per heavy atom. The number of likely N-dealkylation sites (tertiary alicyclic amines) is 1. The molecule has 2 heterocycles. The van der Waals surface area contributed by atoms with Crippen LogP contribution in [0.15, 0.2) is 48.5 Å². The molecule has 0 bridgehead atoms. The molecule has 2 nitrogen and oxygen atoms in total. The van der Waals surface area contributed by atoms with Crippen molar-refractivity contribution in [3.8, 4) is 0 Å². The highest BCUT2D eigenvalue weighted by molar-refractivity contribution is 6.31. The van der Waals surface area contributed by atoms with Gasteiger partial charge in [0.2, 0.25) is 0 Å². The summed E-state index contributed by atoms with van der Waals surface area (Å²) in [5.41, 5.74) is 3.96. The van der Waals surface area contributed by atoms with Crippen LogP contribution in [0, 0.1) is 0 Å². The standard InChI is InChI=1S/C19H20ClNO/c20-18-8-4-7-15-16-12-21(11-14-5-2-1-3-6-14)10-9-19(16)22-13-17(15)18/h1-8,16,19H,9-13H2/t16-,19+/m0/s1. The van der Waals surface area contributed by atoms with E-state index >= 15 is 0 Å². The lowest BCUT2D eigenvalue weighted by Gasteiger charge is -2.42. The molecule has 2 aromatic carbocycles. The maximum absolute atomic E-state index is 6.35. The van der Waals surface area contributed by atoms with Crippen LogP contribution >= 0.6 is 11.6 Å². The third-order valence-corrected chi connectivity index (χ3v) is 5.23. The lowest BCUT2D eigenvalue weighted by Crippen LogP contribution is -2.44. The normalized spacial score (nSPS) is 24.6. The summed E-state index contributed by atoms with van der Waals surface area (Å²) in [6, 6.07) is 17.0. The molecule has 1 fully saturated rings. The molecule has 2 atom stereocenters. The van der Waals surface area contributed by atoms with Crippen LogP contribution in [-0.2, 0) is 17.9 Å². The van der Waals surface area contributed by atoms with Gasteiger partial charge in [-0.1, -0.05) is 54.1 Å². The van der Waals surface area contributed by atoms with Crippen LogP contribution < -0.4 is 0 Å². The van der Waals surface area contributed by atoms with Gasteiger partial charge in [-0.3, -0.25) is 4.90 Å². The molecule has 114 valence electrons. The van der Waals surface area contributed by atoms with Crippen molar-refractivity contribution in [1.82, 2.24) is 4.90 Å². The van der Waals surface area contributed by atoms with E-state index in [1.165, 1.54) is 16.7 Å². The number of ether oxygens (including phenoxy) is 1. The van der Waals surface area contributed by atoms with Crippen molar-refractivity contribution in [2.45, 2.75) is 31.6 Å². The summed E-state index contributed by atoms with van der Waals surface area (Å²) < 4.78 is 6.08. The van der Waals surface area contributed by atoms with Crippen LogP contribution in [0.2, 0.25) is 5.02 Å². The maximum Gasteiger partial charge on any atom is 0.0738 e. The number of benzene rings is 2. The Bertz CT molecular complexity index is 658. The molecule has 0 unspecified atom stereocenters. The number of nitrogens with zero attached hydrogens (tertiary/aromatic N) is 1. The highest BCUT2D eigenvalue weighted by atomic mass is 35.5. The second kappa shape index (κ2) is 6.04. The van der Waals surface area contributed by atoms with E-state index in [4.69, 9.17) is 16.3 Å². The molecule has 0 amide bonds. The van der Waals surface area contributed by atoms with E-state index in [0.717, 1.165) is 31.1 Å². The van der Waals surface area contributed by atoms with Gasteiger partial charge in [0.15, 0.2) is 0 Å². The maximum atomic E-state index is 6.35. The van der Waals surface area contributed by atoms with E-state index in [0.29, 0.717) is 18.6 Å². The van der Waals surface area contributed by atoms with Crippen LogP contribution in [0.1, 0.15) is 29.0 Å². The van der Waals surface area contributed by atoms with E-state index in [9.17, 15) is 0 Å². The molecule has 2 aromatic rings. The summed E-state index contributed by atoms with van der Waals surface area (Å²) in [5.74, 6) is 0.444. The lowest BCUT2D eigenvalue weighted by molar-refractivity contribution is -0.0325. The first-order chi connectivity index (χ1) is 10.8. The Morgan fingerprint density at radius 2 is 1.95 bits per heavy atom. The number of piperidine rings is 1. The van der Waals surface area contributed by atoms with Gasteiger partial charge in [-0.2, -0.15) is 0 Å². The van der Waals surface area contributed by atoms with E-state index in [2.05, 4.69) is 47.4 Å².